The molecule has 4 N–H and O–H groups in total. The summed E-state index contributed by atoms with van der Waals surface area (Å²) in [6.45, 7) is 7.08. The Balaban J connectivity index is 0.000000263. The second-order valence-electron chi connectivity index (χ2n) is 25.9. The van der Waals surface area contributed by atoms with Crippen LogP contribution >= 0.6 is 0 Å². The van der Waals surface area contributed by atoms with Gasteiger partial charge in [0.2, 0.25) is 0 Å². The summed E-state index contributed by atoms with van der Waals surface area (Å²) in [4.78, 5) is 37.8. The number of phenolic OH excluding ortho intramolecular Hbond substituents is 1. The van der Waals surface area contributed by atoms with Crippen molar-refractivity contribution >= 4 is 43.9 Å². The minimum Gasteiger partial charge on any atom is -0.508 e. The van der Waals surface area contributed by atoms with E-state index in [1.807, 2.05) is 18.3 Å². The number of hydrogen-bond acceptors (Lipinski definition) is 18. The van der Waals surface area contributed by atoms with Crippen LogP contribution in [0.15, 0.2) is 106 Å². The molecule has 8 aliphatic rings. The summed E-state index contributed by atoms with van der Waals surface area (Å²) in [5, 5.41) is 52.8. The number of carbonyl (C=O) groups is 2. The van der Waals surface area contributed by atoms with Crippen molar-refractivity contribution in [1.29, 1.82) is 0 Å². The van der Waals surface area contributed by atoms with Gasteiger partial charge in [-0.2, -0.15) is 0 Å². The fourth-order valence-electron chi connectivity index (χ4n) is 16.8. The maximum absolute atomic E-state index is 14.0. The quantitative estimate of drug-likeness (QED) is 0.0285. The average Bonchev–Trinajstić information content (AvgIpc) is 1.51. The number of ketones is 1. The molecule has 0 radical (unpaired) electrons. The minimum absolute atomic E-state index is 0.0484. The third-order valence-corrected chi connectivity index (χ3v) is 21.3. The van der Waals surface area contributed by atoms with Gasteiger partial charge >= 0.3 is 27.2 Å². The lowest BCUT2D eigenvalue weighted by Gasteiger charge is -2.52. The van der Waals surface area contributed by atoms with E-state index in [0.717, 1.165) is 76.2 Å². The lowest BCUT2D eigenvalue weighted by Crippen LogP contribution is -2.50. The number of halogens is 2. The number of aromatic nitrogens is 3. The molecule has 8 unspecified atom stereocenters. The summed E-state index contributed by atoms with van der Waals surface area (Å²) in [6.07, 6.45) is 19.3. The number of phenols is 1. The Labute approximate surface area is 545 Å². The first-order valence-electron chi connectivity index (χ1n) is 31.7. The first-order valence-corrected chi connectivity index (χ1v) is 33.7. The zero-order valence-corrected chi connectivity index (χ0v) is 53.8. The van der Waals surface area contributed by atoms with Crippen molar-refractivity contribution in [2.75, 3.05) is 39.6 Å². The molecule has 7 aliphatic carbocycles. The molecule has 94 heavy (non-hydrogen) atoms. The Morgan fingerprint density at radius 3 is 1.88 bits per heavy atom. The van der Waals surface area contributed by atoms with Crippen molar-refractivity contribution in [1.82, 2.24) is 15.0 Å². The van der Waals surface area contributed by atoms with Crippen LogP contribution in [0.1, 0.15) is 151 Å². The first-order chi connectivity index (χ1) is 44.9. The van der Waals surface area contributed by atoms with E-state index in [-0.39, 0.29) is 68.3 Å². The second-order valence-corrected chi connectivity index (χ2v) is 26.7. The number of aryl methyl sites for hydroxylation is 2. The van der Waals surface area contributed by atoms with E-state index in [9.17, 15) is 43.6 Å². The van der Waals surface area contributed by atoms with E-state index in [4.69, 9.17) is 50.3 Å². The molecule has 4 fully saturated rings. The molecule has 13 rings (SSSR count). The van der Waals surface area contributed by atoms with E-state index in [1.54, 1.807) is 53.2 Å². The van der Waals surface area contributed by atoms with E-state index in [0.29, 0.717) is 122 Å². The number of fused-ring (bicyclic) bond motifs is 12. The van der Waals surface area contributed by atoms with Gasteiger partial charge in [-0.3, -0.25) is 9.59 Å². The molecular formula is C70H75F2N3O17S2. The van der Waals surface area contributed by atoms with Gasteiger partial charge in [0.1, 0.15) is 45.6 Å². The summed E-state index contributed by atoms with van der Waals surface area (Å²) in [6, 6.07) is 23.9. The van der Waals surface area contributed by atoms with Crippen LogP contribution in [0.3, 0.4) is 0 Å². The number of hydrogen-bond donors (Lipinski definition) is 4. The summed E-state index contributed by atoms with van der Waals surface area (Å²) in [5.41, 5.74) is 4.67. The van der Waals surface area contributed by atoms with Gasteiger partial charge in [0.05, 0.1) is 51.3 Å². The molecule has 0 saturated heterocycles. The number of carboxylic acid groups (broad SMARTS) is 1. The molecule has 4 aromatic carbocycles. The number of terminal acetylenes is 1. The molecule has 4 saturated carbocycles. The predicted molar refractivity (Wildman–Crippen MR) is 338 cm³/mol. The second kappa shape index (κ2) is 29.0. The number of aromatic carboxylic acids is 1. The number of ether oxygens (including phenoxy) is 3. The van der Waals surface area contributed by atoms with Crippen molar-refractivity contribution < 1.29 is 82.7 Å². The van der Waals surface area contributed by atoms with Crippen LogP contribution < -0.4 is 5.43 Å². The molecule has 10 atom stereocenters. The molecule has 1 aromatic heterocycles. The van der Waals surface area contributed by atoms with Crippen molar-refractivity contribution in [3.8, 4) is 40.5 Å². The smallest absolute Gasteiger partial charge is 0.425 e. The number of nitrogens with zero attached hydrogens (tertiary/aromatic N) is 3. The van der Waals surface area contributed by atoms with Gasteiger partial charge < -0.3 is 39.1 Å². The summed E-state index contributed by atoms with van der Waals surface area (Å²) >= 11 is 0. The fraction of sp³-hybridized carbons (Fsp3) is 0.471. The Bertz CT molecular complexity index is 4250. The standard InChI is InChI=1S/C50H52FN3O10.C20H23FO.2O3S/c1-49-16-14-36-35-11-6-32(51)25-30(35)4-9-37(36)42(49)15-17-50(49,60)46-29-54(53-52-46)18-20-62-22-24-63-23-21-61-19-2-3-43(57)31-5-10-38(41(26-31)48(58)59)47-39-12-7-33(55)27-44(39)64-45-28-34(56)8-13-40(45)47;1-3-20(22)11-9-18-17-6-4-13-12-14(21)5-7-15(13)16(17)8-10-19(18,20)2;2*1-4(2)3/h5-8,10-13,25-29,36-37,42,55,60H,2-4,9,14-24H2,1H3,(H,58,59);1,5,7,12,16-18,22H,4,6,8-11H2,2H3;;/t36?,37?,42?,49-,50?;16?,17?,18?,19-,20?;;/m00../s1. The molecule has 5 aromatic rings. The minimum atomic E-state index is -3.11. The van der Waals surface area contributed by atoms with Gasteiger partial charge in [0, 0.05) is 58.1 Å². The van der Waals surface area contributed by atoms with Crippen molar-refractivity contribution in [2.45, 2.75) is 133 Å². The molecule has 0 spiro atoms. The van der Waals surface area contributed by atoms with Gasteiger partial charge in [-0.15, -0.1) is 36.8 Å². The molecule has 0 amide bonds. The SMILES string of the molecule is C#CC1(O)CCC2C3CCc4cc(F)ccc4C3CC[C@@]21C.C[C@]12CCC3c4ccc(F)cc4CCC3C1CCC2(O)c1cn(CCOCCOCCOCCCC(=O)c2ccc(-c3c4ccc(=O)cc-4oc4cc(O)ccc34)c(C(=O)O)c2)nn1.O=S(=O)=O.O=S(=O)=O. The van der Waals surface area contributed by atoms with Gasteiger partial charge in [-0.05, 0) is 201 Å². The van der Waals surface area contributed by atoms with Gasteiger partial charge in [0.25, 0.3) is 0 Å². The zero-order valence-electron chi connectivity index (χ0n) is 52.1. The molecule has 20 nitrogen and oxygen atoms in total. The van der Waals surface area contributed by atoms with Gasteiger partial charge in [-0.1, -0.05) is 49.2 Å². The van der Waals surface area contributed by atoms with Crippen LogP contribution in [0, 0.1) is 58.5 Å². The highest BCUT2D eigenvalue weighted by Crippen LogP contribution is 2.67. The molecule has 498 valence electrons. The summed E-state index contributed by atoms with van der Waals surface area (Å²) in [7, 11) is -6.22. The maximum atomic E-state index is 14.0. The number of benzene rings is 5. The van der Waals surface area contributed by atoms with Crippen LogP contribution in [0.2, 0.25) is 0 Å². The Morgan fingerprint density at radius 1 is 0.691 bits per heavy atom. The highest BCUT2D eigenvalue weighted by Gasteiger charge is 2.64. The lowest BCUT2D eigenvalue weighted by atomic mass is 9.53. The lowest BCUT2D eigenvalue weighted by molar-refractivity contribution is -0.111. The van der Waals surface area contributed by atoms with E-state index in [2.05, 4.69) is 30.1 Å². The van der Waals surface area contributed by atoms with E-state index in [1.165, 1.54) is 47.0 Å². The topological polar surface area (TPSA) is 306 Å². The first kappa shape index (κ1) is 69.0. The third-order valence-electron chi connectivity index (χ3n) is 21.3. The normalized spacial score (nSPS) is 26.0. The predicted octanol–water partition coefficient (Wildman–Crippen LogP) is 10.2. The Hall–Kier alpha value is -7.89. The molecule has 24 heteroatoms. The monoisotopic (exact) mass is 1330 g/mol. The fourth-order valence-corrected chi connectivity index (χ4v) is 16.8. The zero-order chi connectivity index (χ0) is 67.3. The van der Waals surface area contributed by atoms with Crippen molar-refractivity contribution in [2.24, 2.45) is 34.5 Å². The molecule has 2 heterocycles. The number of carbonyl (C=O) groups excluding carboxylic acids is 1. The molecule has 1 aliphatic heterocycles. The molecular weight excluding hydrogens is 1260 g/mol. The van der Waals surface area contributed by atoms with Crippen molar-refractivity contribution in [3.05, 3.63) is 158 Å². The van der Waals surface area contributed by atoms with E-state index >= 15 is 0 Å². The Morgan fingerprint density at radius 2 is 1.27 bits per heavy atom. The van der Waals surface area contributed by atoms with Gasteiger partial charge in [-0.25, -0.2) is 18.3 Å². The largest absolute Gasteiger partial charge is 0.508 e. The number of rotatable bonds is 17. The van der Waals surface area contributed by atoms with Crippen LogP contribution in [0.5, 0.6) is 5.75 Å². The van der Waals surface area contributed by atoms with Gasteiger partial charge in [0.15, 0.2) is 11.2 Å². The van der Waals surface area contributed by atoms with Crippen LogP contribution in [-0.2, 0) is 60.4 Å². The Kier molecular flexibility index (Phi) is 21.3. The summed E-state index contributed by atoms with van der Waals surface area (Å²) in [5.74, 6) is 3.99. The number of aliphatic hydroxyl groups is 2. The maximum Gasteiger partial charge on any atom is 0.425 e. The number of carboxylic acids is 1. The summed E-state index contributed by atoms with van der Waals surface area (Å²) < 4.78 is 103. The van der Waals surface area contributed by atoms with E-state index < -0.39 is 38.4 Å². The number of Topliss-reactive ketones (excluding diaryl/α,β-unsaturated/α-hetero) is 1. The highest BCUT2D eigenvalue weighted by atomic mass is 32.2. The van der Waals surface area contributed by atoms with Crippen LogP contribution in [-0.4, -0.2) is 118 Å². The van der Waals surface area contributed by atoms with Crippen LogP contribution in [0.25, 0.3) is 33.4 Å². The highest BCUT2D eigenvalue weighted by molar-refractivity contribution is 7.59. The van der Waals surface area contributed by atoms with Crippen LogP contribution in [0.4, 0.5) is 8.78 Å². The van der Waals surface area contributed by atoms with Crippen molar-refractivity contribution in [3.63, 3.8) is 0 Å². The third kappa shape index (κ3) is 14.2. The number of aromatic hydroxyl groups is 1. The average molecular weight is 1330 g/mol. The molecule has 0 bridgehead atoms.